The van der Waals surface area contributed by atoms with Crippen LogP contribution in [-0.4, -0.2) is 24.7 Å². The number of nitrogens with zero attached hydrogens (tertiary/aromatic N) is 1. The van der Waals surface area contributed by atoms with Crippen molar-refractivity contribution in [2.45, 2.75) is 0 Å². The van der Waals surface area contributed by atoms with Crippen LogP contribution in [0.1, 0.15) is 15.9 Å². The number of benzene rings is 3. The van der Waals surface area contributed by atoms with Gasteiger partial charge in [-0.25, -0.2) is 14.6 Å². The maximum absolute atomic E-state index is 13.2. The fourth-order valence-corrected chi connectivity index (χ4v) is 2.85. The lowest BCUT2D eigenvalue weighted by Gasteiger charge is -2.07. The summed E-state index contributed by atoms with van der Waals surface area (Å²) in [7, 11) is 0. The Morgan fingerprint density at radius 3 is 2.61 bits per heavy atom. The molecule has 0 heterocycles. The summed E-state index contributed by atoms with van der Waals surface area (Å²) in [6, 6.07) is 16.3. The quantitative estimate of drug-likeness (QED) is 0.236. The lowest BCUT2D eigenvalue weighted by molar-refractivity contribution is -0.123. The minimum absolute atomic E-state index is 0.0899. The highest BCUT2D eigenvalue weighted by molar-refractivity contribution is 6.35. The van der Waals surface area contributed by atoms with Crippen molar-refractivity contribution in [2.75, 3.05) is 6.61 Å². The molecule has 0 atom stereocenters. The number of carbonyl (C=O) groups is 2. The number of esters is 1. The Balaban J connectivity index is 1.52. The average Bonchev–Trinajstić information content (AvgIpc) is 2.73. The third kappa shape index (κ3) is 6.80. The topological polar surface area (TPSA) is 77.0 Å². The van der Waals surface area contributed by atoms with E-state index in [1.807, 2.05) is 0 Å². The molecule has 0 spiro atoms. The van der Waals surface area contributed by atoms with Crippen LogP contribution in [0.4, 0.5) is 4.39 Å². The van der Waals surface area contributed by atoms with Crippen LogP contribution in [-0.2, 0) is 4.79 Å². The zero-order valence-corrected chi connectivity index (χ0v) is 17.4. The second-order valence-electron chi connectivity index (χ2n) is 6.13. The largest absolute Gasteiger partial charge is 0.482 e. The highest BCUT2D eigenvalue weighted by atomic mass is 35.5. The van der Waals surface area contributed by atoms with Gasteiger partial charge in [-0.2, -0.15) is 5.10 Å². The van der Waals surface area contributed by atoms with E-state index in [4.69, 9.17) is 32.7 Å². The number of hydrogen-bond donors (Lipinski definition) is 1. The molecule has 1 amide bonds. The fourth-order valence-electron chi connectivity index (χ4n) is 2.39. The third-order valence-electron chi connectivity index (χ3n) is 3.78. The fraction of sp³-hybridized carbons (Fsp3) is 0.0455. The molecule has 0 bridgehead atoms. The number of nitrogens with one attached hydrogen (secondary N) is 1. The van der Waals surface area contributed by atoms with Crippen molar-refractivity contribution >= 4 is 41.3 Å². The van der Waals surface area contributed by atoms with Crippen molar-refractivity contribution in [3.8, 4) is 11.5 Å². The van der Waals surface area contributed by atoms with E-state index < -0.39 is 17.7 Å². The maximum atomic E-state index is 13.2. The Kier molecular flexibility index (Phi) is 7.59. The summed E-state index contributed by atoms with van der Waals surface area (Å²) in [5.41, 5.74) is 2.96. The number of ether oxygens (including phenoxy) is 2. The van der Waals surface area contributed by atoms with Crippen LogP contribution in [0.3, 0.4) is 0 Å². The van der Waals surface area contributed by atoms with Gasteiger partial charge in [-0.05, 0) is 54.1 Å². The summed E-state index contributed by atoms with van der Waals surface area (Å²) in [5, 5.41) is 4.57. The van der Waals surface area contributed by atoms with Gasteiger partial charge in [0.2, 0.25) is 0 Å². The van der Waals surface area contributed by atoms with Gasteiger partial charge in [-0.15, -0.1) is 0 Å². The normalized spacial score (nSPS) is 10.7. The van der Waals surface area contributed by atoms with Crippen LogP contribution >= 0.6 is 23.2 Å². The molecule has 3 rings (SSSR count). The number of hydrazone groups is 1. The molecule has 0 aliphatic rings. The molecular formula is C22H15Cl2FN2O4. The van der Waals surface area contributed by atoms with Crippen molar-refractivity contribution in [3.05, 3.63) is 93.7 Å². The molecule has 0 saturated heterocycles. The van der Waals surface area contributed by atoms with E-state index in [-0.39, 0.29) is 22.9 Å². The Labute approximate surface area is 187 Å². The first-order chi connectivity index (χ1) is 14.9. The summed E-state index contributed by atoms with van der Waals surface area (Å²) >= 11 is 11.8. The highest BCUT2D eigenvalue weighted by Gasteiger charge is 2.10. The SMILES string of the molecule is O=C(COc1ccc(Cl)cc1Cl)NN=Cc1cccc(OC(=O)c2cccc(F)c2)c1. The van der Waals surface area contributed by atoms with E-state index in [1.165, 1.54) is 36.5 Å². The summed E-state index contributed by atoms with van der Waals surface area (Å²) in [5.74, 6) is -1.17. The smallest absolute Gasteiger partial charge is 0.343 e. The molecule has 1 N–H and O–H groups in total. The van der Waals surface area contributed by atoms with Gasteiger partial charge in [0.15, 0.2) is 6.61 Å². The van der Waals surface area contributed by atoms with E-state index in [2.05, 4.69) is 10.5 Å². The number of halogens is 3. The first kappa shape index (κ1) is 22.3. The van der Waals surface area contributed by atoms with Crippen LogP contribution in [0.2, 0.25) is 10.0 Å². The highest BCUT2D eigenvalue weighted by Crippen LogP contribution is 2.27. The van der Waals surface area contributed by atoms with Gasteiger partial charge in [0.25, 0.3) is 5.91 Å². The molecular weight excluding hydrogens is 446 g/mol. The zero-order valence-electron chi connectivity index (χ0n) is 15.8. The maximum Gasteiger partial charge on any atom is 0.343 e. The molecule has 0 aliphatic carbocycles. The number of hydrogen-bond acceptors (Lipinski definition) is 5. The van der Waals surface area contributed by atoms with Crippen LogP contribution in [0, 0.1) is 5.82 Å². The van der Waals surface area contributed by atoms with Gasteiger partial charge >= 0.3 is 5.97 Å². The second-order valence-corrected chi connectivity index (χ2v) is 6.97. The minimum atomic E-state index is -0.695. The summed E-state index contributed by atoms with van der Waals surface area (Å²) in [6.07, 6.45) is 1.37. The molecule has 0 aromatic heterocycles. The molecule has 0 unspecified atom stereocenters. The van der Waals surface area contributed by atoms with Crippen molar-refractivity contribution in [3.63, 3.8) is 0 Å². The van der Waals surface area contributed by atoms with E-state index in [9.17, 15) is 14.0 Å². The van der Waals surface area contributed by atoms with E-state index in [0.29, 0.717) is 16.3 Å². The first-order valence-electron chi connectivity index (χ1n) is 8.88. The Bertz CT molecular complexity index is 1140. The van der Waals surface area contributed by atoms with Crippen molar-refractivity contribution in [1.29, 1.82) is 0 Å². The number of carbonyl (C=O) groups excluding carboxylic acids is 2. The Hall–Kier alpha value is -3.42. The Morgan fingerprint density at radius 2 is 1.84 bits per heavy atom. The molecule has 3 aromatic carbocycles. The monoisotopic (exact) mass is 460 g/mol. The van der Waals surface area contributed by atoms with E-state index >= 15 is 0 Å². The molecule has 6 nitrogen and oxygen atoms in total. The van der Waals surface area contributed by atoms with Gasteiger partial charge in [-0.1, -0.05) is 41.4 Å². The van der Waals surface area contributed by atoms with Gasteiger partial charge in [0.05, 0.1) is 16.8 Å². The molecule has 0 aliphatic heterocycles. The summed E-state index contributed by atoms with van der Waals surface area (Å²) in [4.78, 5) is 24.0. The molecule has 158 valence electrons. The van der Waals surface area contributed by atoms with Gasteiger partial charge < -0.3 is 9.47 Å². The van der Waals surface area contributed by atoms with Crippen LogP contribution in [0.5, 0.6) is 11.5 Å². The molecule has 9 heteroatoms. The standard InChI is InChI=1S/C22H15Cl2FN2O4/c23-16-7-8-20(19(24)11-16)30-13-21(28)27-26-12-14-3-1-6-18(9-14)31-22(29)15-4-2-5-17(25)10-15/h1-12H,13H2,(H,27,28). The van der Waals surface area contributed by atoms with Crippen molar-refractivity contribution in [2.24, 2.45) is 5.10 Å². The molecule has 0 saturated carbocycles. The second kappa shape index (κ2) is 10.6. The number of rotatable bonds is 7. The average molecular weight is 461 g/mol. The van der Waals surface area contributed by atoms with Crippen LogP contribution < -0.4 is 14.9 Å². The predicted molar refractivity (Wildman–Crippen MR) is 115 cm³/mol. The molecule has 31 heavy (non-hydrogen) atoms. The molecule has 0 radical (unpaired) electrons. The van der Waals surface area contributed by atoms with Crippen molar-refractivity contribution < 1.29 is 23.5 Å². The molecule has 0 fully saturated rings. The lowest BCUT2D eigenvalue weighted by atomic mass is 10.2. The third-order valence-corrected chi connectivity index (χ3v) is 4.31. The zero-order chi connectivity index (χ0) is 22.2. The van der Waals surface area contributed by atoms with Crippen LogP contribution in [0.15, 0.2) is 71.8 Å². The Morgan fingerprint density at radius 1 is 1.03 bits per heavy atom. The number of amides is 1. The van der Waals surface area contributed by atoms with E-state index in [1.54, 1.807) is 30.3 Å². The van der Waals surface area contributed by atoms with Gasteiger partial charge in [0.1, 0.15) is 17.3 Å². The summed E-state index contributed by atoms with van der Waals surface area (Å²) < 4.78 is 23.8. The lowest BCUT2D eigenvalue weighted by Crippen LogP contribution is -2.24. The first-order valence-corrected chi connectivity index (χ1v) is 9.64. The summed E-state index contributed by atoms with van der Waals surface area (Å²) in [6.45, 7) is -0.302. The minimum Gasteiger partial charge on any atom is -0.482 e. The van der Waals surface area contributed by atoms with Gasteiger partial charge in [-0.3, -0.25) is 4.79 Å². The van der Waals surface area contributed by atoms with E-state index in [0.717, 1.165) is 6.07 Å². The van der Waals surface area contributed by atoms with Crippen LogP contribution in [0.25, 0.3) is 0 Å². The predicted octanol–water partition coefficient (Wildman–Crippen LogP) is 4.88. The van der Waals surface area contributed by atoms with Crippen molar-refractivity contribution in [1.82, 2.24) is 5.43 Å². The van der Waals surface area contributed by atoms with Gasteiger partial charge in [0, 0.05) is 5.02 Å². The molecule has 3 aromatic rings.